The molecule has 0 fully saturated rings. The molecule has 0 amide bonds. The minimum absolute atomic E-state index is 0.453. The Kier molecular flexibility index (Phi) is 3.97. The summed E-state index contributed by atoms with van der Waals surface area (Å²) in [6, 6.07) is 0. The second-order valence-electron chi connectivity index (χ2n) is 0.991. The summed E-state index contributed by atoms with van der Waals surface area (Å²) >= 11 is 0. The fourth-order valence-corrected chi connectivity index (χ4v) is 0.155. The lowest BCUT2D eigenvalue weighted by molar-refractivity contribution is 0.0270. The maximum absolute atomic E-state index is 10.0. The predicted octanol–water partition coefficient (Wildman–Crippen LogP) is 0.309. The highest BCUT2D eigenvalue weighted by Crippen LogP contribution is 1.76. The van der Waals surface area contributed by atoms with Crippen molar-refractivity contribution in [3.8, 4) is 0 Å². The Morgan fingerprint density at radius 3 is 2.75 bits per heavy atom. The van der Waals surface area contributed by atoms with E-state index in [2.05, 4.69) is 15.1 Å². The molecule has 1 radical (unpaired) electrons. The van der Waals surface area contributed by atoms with Crippen LogP contribution in [0.15, 0.2) is 0 Å². The number of hydrogen-bond acceptors (Lipinski definition) is 3. The standard InChI is InChI=1S/C4H8NO3/c1-3-5-8-4(6)7-2/h3H2,1-2H3. The number of carbonyl (C=O) groups excluding carboxylic acids is 1. The van der Waals surface area contributed by atoms with Gasteiger partial charge >= 0.3 is 6.16 Å². The lowest BCUT2D eigenvalue weighted by Crippen LogP contribution is -2.12. The molecule has 0 aromatic rings. The maximum atomic E-state index is 10.0. The molecule has 8 heavy (non-hydrogen) atoms. The molecule has 0 atom stereocenters. The summed E-state index contributed by atoms with van der Waals surface area (Å²) in [5.41, 5.74) is 3.27. The van der Waals surface area contributed by atoms with E-state index in [1.54, 1.807) is 6.92 Å². The van der Waals surface area contributed by atoms with E-state index < -0.39 is 6.16 Å². The van der Waals surface area contributed by atoms with E-state index in [1.165, 1.54) is 7.11 Å². The van der Waals surface area contributed by atoms with Gasteiger partial charge in [0.25, 0.3) is 0 Å². The molecule has 0 saturated heterocycles. The van der Waals surface area contributed by atoms with Crippen molar-refractivity contribution in [1.82, 2.24) is 5.48 Å². The van der Waals surface area contributed by atoms with E-state index in [-0.39, 0.29) is 0 Å². The first-order valence-electron chi connectivity index (χ1n) is 2.23. The molecule has 0 N–H and O–H groups in total. The Hall–Kier alpha value is -0.770. The zero-order chi connectivity index (χ0) is 6.41. The second kappa shape index (κ2) is 4.39. The second-order valence-corrected chi connectivity index (χ2v) is 0.991. The summed E-state index contributed by atoms with van der Waals surface area (Å²) in [6.45, 7) is 2.21. The number of rotatable bonds is 2. The Bertz CT molecular complexity index is 73.7. The van der Waals surface area contributed by atoms with Crippen LogP contribution < -0.4 is 5.48 Å². The van der Waals surface area contributed by atoms with Crippen molar-refractivity contribution >= 4 is 6.16 Å². The van der Waals surface area contributed by atoms with Crippen LogP contribution in [0.2, 0.25) is 0 Å². The zero-order valence-electron chi connectivity index (χ0n) is 4.88. The average Bonchev–Trinajstić information content (AvgIpc) is 1.83. The molecule has 0 heterocycles. The lowest BCUT2D eigenvalue weighted by Gasteiger charge is -1.95. The van der Waals surface area contributed by atoms with E-state index in [9.17, 15) is 4.79 Å². The van der Waals surface area contributed by atoms with Crippen LogP contribution in [0.3, 0.4) is 0 Å². The SMILES string of the molecule is CC[N]OC(=O)OC. The number of hydroxylamine groups is 1. The molecule has 0 aromatic carbocycles. The molecular weight excluding hydrogens is 110 g/mol. The minimum atomic E-state index is -0.771. The molecular formula is C4H8NO3. The van der Waals surface area contributed by atoms with Gasteiger partial charge in [0.2, 0.25) is 0 Å². The Morgan fingerprint density at radius 2 is 2.38 bits per heavy atom. The summed E-state index contributed by atoms with van der Waals surface area (Å²) in [5, 5.41) is 0. The van der Waals surface area contributed by atoms with Crippen molar-refractivity contribution in [2.75, 3.05) is 13.7 Å². The van der Waals surface area contributed by atoms with Crippen LogP contribution >= 0.6 is 0 Å². The predicted molar refractivity (Wildman–Crippen MR) is 26.2 cm³/mol. The molecule has 4 nitrogen and oxygen atoms in total. The van der Waals surface area contributed by atoms with Gasteiger partial charge in [-0.05, 0) is 12.4 Å². The first-order chi connectivity index (χ1) is 3.81. The fourth-order valence-electron chi connectivity index (χ4n) is 0.155. The van der Waals surface area contributed by atoms with Crippen molar-refractivity contribution in [2.45, 2.75) is 6.92 Å². The Morgan fingerprint density at radius 1 is 1.75 bits per heavy atom. The van der Waals surface area contributed by atoms with Gasteiger partial charge in [0.1, 0.15) is 0 Å². The summed E-state index contributed by atoms with van der Waals surface area (Å²) in [6.07, 6.45) is -0.771. The van der Waals surface area contributed by atoms with Gasteiger partial charge in [-0.1, -0.05) is 0 Å². The largest absolute Gasteiger partial charge is 0.528 e. The number of ether oxygens (including phenoxy) is 1. The topological polar surface area (TPSA) is 49.6 Å². The number of nitrogens with zero attached hydrogens (tertiary/aromatic N) is 1. The molecule has 0 bridgehead atoms. The number of carbonyl (C=O) groups is 1. The van der Waals surface area contributed by atoms with Crippen LogP contribution in [-0.4, -0.2) is 19.8 Å². The Labute approximate surface area is 47.7 Å². The molecule has 0 unspecified atom stereocenters. The van der Waals surface area contributed by atoms with Crippen LogP contribution in [0.4, 0.5) is 4.79 Å². The van der Waals surface area contributed by atoms with Crippen molar-refractivity contribution in [2.24, 2.45) is 0 Å². The number of methoxy groups -OCH3 is 1. The highest BCUT2D eigenvalue weighted by atomic mass is 16.8. The molecule has 0 aromatic heterocycles. The van der Waals surface area contributed by atoms with Crippen LogP contribution in [0, 0.1) is 0 Å². The van der Waals surface area contributed by atoms with Gasteiger partial charge in [-0.2, -0.15) is 0 Å². The molecule has 4 heteroatoms. The molecule has 0 spiro atoms. The first-order valence-corrected chi connectivity index (χ1v) is 2.23. The van der Waals surface area contributed by atoms with E-state index in [4.69, 9.17) is 0 Å². The summed E-state index contributed by atoms with van der Waals surface area (Å²) in [5.74, 6) is 0. The van der Waals surface area contributed by atoms with Gasteiger partial charge < -0.3 is 9.57 Å². The van der Waals surface area contributed by atoms with E-state index in [1.807, 2.05) is 0 Å². The monoisotopic (exact) mass is 118 g/mol. The zero-order valence-corrected chi connectivity index (χ0v) is 4.88. The molecule has 47 valence electrons. The quantitative estimate of drug-likeness (QED) is 0.387. The summed E-state index contributed by atoms with van der Waals surface area (Å²) in [7, 11) is 1.23. The highest BCUT2D eigenvalue weighted by Gasteiger charge is 1.97. The van der Waals surface area contributed by atoms with E-state index in [0.29, 0.717) is 6.54 Å². The van der Waals surface area contributed by atoms with E-state index in [0.717, 1.165) is 0 Å². The van der Waals surface area contributed by atoms with Gasteiger partial charge in [0, 0.05) is 0 Å². The smallest absolute Gasteiger partial charge is 0.436 e. The molecule has 0 saturated carbocycles. The average molecular weight is 118 g/mol. The molecule has 0 aliphatic carbocycles. The van der Waals surface area contributed by atoms with E-state index >= 15 is 0 Å². The summed E-state index contributed by atoms with van der Waals surface area (Å²) in [4.78, 5) is 14.1. The number of hydrogen-bond donors (Lipinski definition) is 0. The normalized spacial score (nSPS) is 8.25. The van der Waals surface area contributed by atoms with Crippen molar-refractivity contribution < 1.29 is 14.4 Å². The van der Waals surface area contributed by atoms with Crippen LogP contribution in [0.1, 0.15) is 6.92 Å². The van der Waals surface area contributed by atoms with Gasteiger partial charge in [0.05, 0.1) is 13.7 Å². The Balaban J connectivity index is 2.99. The van der Waals surface area contributed by atoms with Crippen LogP contribution in [0.25, 0.3) is 0 Å². The maximum Gasteiger partial charge on any atom is 0.528 e. The third kappa shape index (κ3) is 3.42. The first kappa shape index (κ1) is 7.23. The van der Waals surface area contributed by atoms with Crippen molar-refractivity contribution in [1.29, 1.82) is 0 Å². The van der Waals surface area contributed by atoms with Gasteiger partial charge in [-0.15, -0.1) is 0 Å². The third-order valence-corrected chi connectivity index (χ3v) is 0.435. The van der Waals surface area contributed by atoms with Crippen molar-refractivity contribution in [3.63, 3.8) is 0 Å². The van der Waals surface area contributed by atoms with Crippen molar-refractivity contribution in [3.05, 3.63) is 0 Å². The fraction of sp³-hybridized carbons (Fsp3) is 0.750. The van der Waals surface area contributed by atoms with Crippen LogP contribution in [0.5, 0.6) is 0 Å². The summed E-state index contributed by atoms with van der Waals surface area (Å²) < 4.78 is 4.10. The van der Waals surface area contributed by atoms with Gasteiger partial charge in [0.15, 0.2) is 0 Å². The molecule has 0 rings (SSSR count). The molecule has 0 aliphatic rings. The minimum Gasteiger partial charge on any atom is -0.436 e. The highest BCUT2D eigenvalue weighted by molar-refractivity contribution is 5.58. The van der Waals surface area contributed by atoms with Gasteiger partial charge in [-0.25, -0.2) is 4.79 Å². The van der Waals surface area contributed by atoms with Gasteiger partial charge in [-0.3, -0.25) is 0 Å². The third-order valence-electron chi connectivity index (χ3n) is 0.435. The molecule has 0 aliphatic heterocycles. The van der Waals surface area contributed by atoms with Crippen LogP contribution in [-0.2, 0) is 9.57 Å². The lowest BCUT2D eigenvalue weighted by atomic mass is 10.8.